The van der Waals surface area contributed by atoms with Gasteiger partial charge in [0.25, 0.3) is 0 Å². The molecule has 1 saturated carbocycles. The monoisotopic (exact) mass is 246 g/mol. The third kappa shape index (κ3) is 2.38. The molecule has 0 aromatic carbocycles. The zero-order chi connectivity index (χ0) is 11.8. The Morgan fingerprint density at radius 1 is 1.44 bits per heavy atom. The first-order valence-electron chi connectivity index (χ1n) is 5.66. The highest BCUT2D eigenvalue weighted by molar-refractivity contribution is 7.91. The lowest BCUT2D eigenvalue weighted by atomic mass is 10.1. The van der Waals surface area contributed by atoms with Crippen LogP contribution in [-0.2, 0) is 14.6 Å². The average molecular weight is 246 g/mol. The second-order valence-electron chi connectivity index (χ2n) is 4.96. The molecule has 1 aliphatic carbocycles. The van der Waals surface area contributed by atoms with Crippen molar-refractivity contribution >= 4 is 15.7 Å². The molecule has 2 rings (SSSR count). The quantitative estimate of drug-likeness (QED) is 0.685. The molecule has 1 aliphatic heterocycles. The highest BCUT2D eigenvalue weighted by atomic mass is 32.2. The molecule has 92 valence electrons. The molecule has 2 fully saturated rings. The summed E-state index contributed by atoms with van der Waals surface area (Å²) in [6.45, 7) is 0.863. The molecule has 0 aromatic rings. The minimum absolute atomic E-state index is 0.000650. The molecule has 6 heteroatoms. The second kappa shape index (κ2) is 4.00. The first-order valence-corrected chi connectivity index (χ1v) is 7.48. The molecule has 0 bridgehead atoms. The number of hydrogen-bond acceptors (Lipinski definition) is 4. The first-order chi connectivity index (χ1) is 7.47. The SMILES string of the molecule is NCC1(C(=O)NCC2CCS(=O)(=O)C2)CC1. The molecule has 1 heterocycles. The summed E-state index contributed by atoms with van der Waals surface area (Å²) >= 11 is 0. The molecular weight excluding hydrogens is 228 g/mol. The van der Waals surface area contributed by atoms with Crippen LogP contribution in [0.4, 0.5) is 0 Å². The zero-order valence-electron chi connectivity index (χ0n) is 9.24. The maximum atomic E-state index is 11.7. The minimum Gasteiger partial charge on any atom is -0.355 e. The third-order valence-corrected chi connectivity index (χ3v) is 5.44. The average Bonchev–Trinajstić information content (AvgIpc) is 2.96. The largest absolute Gasteiger partial charge is 0.355 e. The smallest absolute Gasteiger partial charge is 0.227 e. The maximum absolute atomic E-state index is 11.7. The fraction of sp³-hybridized carbons (Fsp3) is 0.900. The fourth-order valence-corrected chi connectivity index (χ4v) is 3.99. The van der Waals surface area contributed by atoms with Crippen LogP contribution < -0.4 is 11.1 Å². The van der Waals surface area contributed by atoms with E-state index in [4.69, 9.17) is 5.73 Å². The van der Waals surface area contributed by atoms with Gasteiger partial charge in [0.2, 0.25) is 5.91 Å². The highest BCUT2D eigenvalue weighted by Crippen LogP contribution is 2.44. The first kappa shape index (κ1) is 11.9. The van der Waals surface area contributed by atoms with Crippen LogP contribution in [0.5, 0.6) is 0 Å². The molecule has 1 saturated heterocycles. The van der Waals surface area contributed by atoms with Crippen LogP contribution in [0.15, 0.2) is 0 Å². The van der Waals surface area contributed by atoms with Gasteiger partial charge in [-0.15, -0.1) is 0 Å². The van der Waals surface area contributed by atoms with Gasteiger partial charge in [0.1, 0.15) is 0 Å². The number of nitrogens with one attached hydrogen (secondary N) is 1. The zero-order valence-corrected chi connectivity index (χ0v) is 10.1. The Hall–Kier alpha value is -0.620. The highest BCUT2D eigenvalue weighted by Gasteiger charge is 2.48. The van der Waals surface area contributed by atoms with Crippen molar-refractivity contribution in [3.05, 3.63) is 0 Å². The summed E-state index contributed by atoms with van der Waals surface area (Å²) in [4.78, 5) is 11.7. The van der Waals surface area contributed by atoms with Crippen LogP contribution in [0.25, 0.3) is 0 Å². The normalized spacial score (nSPS) is 29.9. The van der Waals surface area contributed by atoms with Crippen LogP contribution in [-0.4, -0.2) is 38.9 Å². The molecule has 0 spiro atoms. The van der Waals surface area contributed by atoms with Gasteiger partial charge in [0.05, 0.1) is 16.9 Å². The minimum atomic E-state index is -2.84. The number of carbonyl (C=O) groups is 1. The summed E-state index contributed by atoms with van der Waals surface area (Å²) in [6.07, 6.45) is 2.38. The van der Waals surface area contributed by atoms with Crippen molar-refractivity contribution in [2.75, 3.05) is 24.6 Å². The molecule has 1 atom stereocenters. The van der Waals surface area contributed by atoms with Crippen LogP contribution >= 0.6 is 0 Å². The van der Waals surface area contributed by atoms with Crippen molar-refractivity contribution in [2.45, 2.75) is 19.3 Å². The van der Waals surface area contributed by atoms with Crippen molar-refractivity contribution in [3.63, 3.8) is 0 Å². The van der Waals surface area contributed by atoms with E-state index >= 15 is 0 Å². The molecule has 1 unspecified atom stereocenters. The van der Waals surface area contributed by atoms with Gasteiger partial charge in [0.15, 0.2) is 9.84 Å². The van der Waals surface area contributed by atoms with Crippen molar-refractivity contribution in [1.29, 1.82) is 0 Å². The van der Waals surface area contributed by atoms with Crippen LogP contribution in [0.3, 0.4) is 0 Å². The van der Waals surface area contributed by atoms with E-state index in [0.717, 1.165) is 12.8 Å². The number of amides is 1. The van der Waals surface area contributed by atoms with Gasteiger partial charge in [-0.2, -0.15) is 0 Å². The van der Waals surface area contributed by atoms with E-state index in [1.807, 2.05) is 0 Å². The summed E-state index contributed by atoms with van der Waals surface area (Å²) in [7, 11) is -2.84. The van der Waals surface area contributed by atoms with Crippen molar-refractivity contribution in [2.24, 2.45) is 17.1 Å². The molecule has 2 aliphatic rings. The molecule has 5 nitrogen and oxygen atoms in total. The van der Waals surface area contributed by atoms with Gasteiger partial charge in [0, 0.05) is 13.1 Å². The Balaban J connectivity index is 1.79. The Bertz CT molecular complexity index is 387. The van der Waals surface area contributed by atoms with Gasteiger partial charge in [-0.25, -0.2) is 8.42 Å². The number of carbonyl (C=O) groups excluding carboxylic acids is 1. The second-order valence-corrected chi connectivity index (χ2v) is 7.19. The van der Waals surface area contributed by atoms with Gasteiger partial charge >= 0.3 is 0 Å². The number of nitrogens with two attached hydrogens (primary N) is 1. The van der Waals surface area contributed by atoms with Crippen LogP contribution in [0.2, 0.25) is 0 Å². The number of hydrogen-bond donors (Lipinski definition) is 2. The van der Waals surface area contributed by atoms with Gasteiger partial charge in [-0.3, -0.25) is 4.79 Å². The van der Waals surface area contributed by atoms with Crippen molar-refractivity contribution in [1.82, 2.24) is 5.32 Å². The molecule has 0 aromatic heterocycles. The summed E-state index contributed by atoms with van der Waals surface area (Å²) in [5, 5.41) is 2.83. The molecule has 1 amide bonds. The molecule has 3 N–H and O–H groups in total. The van der Waals surface area contributed by atoms with Crippen LogP contribution in [0.1, 0.15) is 19.3 Å². The van der Waals surface area contributed by atoms with E-state index < -0.39 is 9.84 Å². The van der Waals surface area contributed by atoms with E-state index in [9.17, 15) is 13.2 Å². The molecule has 0 radical (unpaired) electrons. The summed E-state index contributed by atoms with van der Waals surface area (Å²) in [5.74, 6) is 0.556. The topological polar surface area (TPSA) is 89.3 Å². The lowest BCUT2D eigenvalue weighted by Crippen LogP contribution is -2.39. The number of sulfone groups is 1. The lowest BCUT2D eigenvalue weighted by molar-refractivity contribution is -0.126. The third-order valence-electron chi connectivity index (χ3n) is 3.60. The molecular formula is C10H18N2O3S. The van der Waals surface area contributed by atoms with Crippen LogP contribution in [0, 0.1) is 11.3 Å². The van der Waals surface area contributed by atoms with Gasteiger partial charge in [-0.1, -0.05) is 0 Å². The van der Waals surface area contributed by atoms with E-state index in [2.05, 4.69) is 5.32 Å². The summed E-state index contributed by atoms with van der Waals surface area (Å²) in [6, 6.07) is 0. The predicted molar refractivity (Wildman–Crippen MR) is 60.5 cm³/mol. The fourth-order valence-electron chi connectivity index (χ4n) is 2.13. The standard InChI is InChI=1S/C10H18N2O3S/c11-7-10(2-3-10)9(13)12-5-8-1-4-16(14,15)6-8/h8H,1-7,11H2,(H,12,13). The van der Waals surface area contributed by atoms with E-state index in [0.29, 0.717) is 19.5 Å². The van der Waals surface area contributed by atoms with Crippen molar-refractivity contribution in [3.8, 4) is 0 Å². The van der Waals surface area contributed by atoms with Gasteiger partial charge < -0.3 is 11.1 Å². The van der Waals surface area contributed by atoms with E-state index in [1.165, 1.54) is 0 Å². The number of rotatable bonds is 4. The Labute approximate surface area is 95.7 Å². The van der Waals surface area contributed by atoms with Gasteiger partial charge in [-0.05, 0) is 25.2 Å². The Morgan fingerprint density at radius 3 is 2.56 bits per heavy atom. The van der Waals surface area contributed by atoms with E-state index in [1.54, 1.807) is 0 Å². The lowest BCUT2D eigenvalue weighted by Gasteiger charge is -2.15. The summed E-state index contributed by atoms with van der Waals surface area (Å²) in [5.41, 5.74) is 5.20. The Morgan fingerprint density at radius 2 is 2.12 bits per heavy atom. The summed E-state index contributed by atoms with van der Waals surface area (Å²) < 4.78 is 22.4. The van der Waals surface area contributed by atoms with E-state index in [-0.39, 0.29) is 28.7 Å². The molecule has 16 heavy (non-hydrogen) atoms. The Kier molecular flexibility index (Phi) is 2.96. The maximum Gasteiger partial charge on any atom is 0.227 e. The predicted octanol–water partition coefficient (Wildman–Crippen LogP) is -0.724. The van der Waals surface area contributed by atoms with Crippen molar-refractivity contribution < 1.29 is 13.2 Å².